The van der Waals surface area contributed by atoms with Crippen molar-refractivity contribution >= 4 is 11.6 Å². The standard InChI is InChI=1S/C28H30N4O/c1-5-7-9-21-10-8-11-25(16-21)32-27(19-31(4)28(32)33)26-18-24(13-15-30-26)22(6-2)17-23-12-14-29-20(23)3/h6,8,10-19,29H,2,5,7,9H2,1,3-4H3/b22-17+. The molecule has 1 N–H and O–H groups in total. The Morgan fingerprint density at radius 3 is 2.79 bits per heavy atom. The van der Waals surface area contributed by atoms with E-state index < -0.39 is 0 Å². The lowest BCUT2D eigenvalue weighted by Crippen LogP contribution is -2.21. The average molecular weight is 439 g/mol. The van der Waals surface area contributed by atoms with E-state index in [-0.39, 0.29) is 5.69 Å². The van der Waals surface area contributed by atoms with Gasteiger partial charge < -0.3 is 9.55 Å². The largest absolute Gasteiger partial charge is 0.365 e. The maximum atomic E-state index is 13.1. The highest BCUT2D eigenvalue weighted by atomic mass is 16.1. The molecule has 4 rings (SSSR count). The Morgan fingerprint density at radius 2 is 2.06 bits per heavy atom. The van der Waals surface area contributed by atoms with Gasteiger partial charge in [0.1, 0.15) is 0 Å². The first kappa shape index (κ1) is 22.3. The molecule has 5 nitrogen and oxygen atoms in total. The number of nitrogens with zero attached hydrogens (tertiary/aromatic N) is 3. The van der Waals surface area contributed by atoms with Gasteiger partial charge in [0.15, 0.2) is 0 Å². The van der Waals surface area contributed by atoms with Crippen LogP contribution in [0.4, 0.5) is 0 Å². The second-order valence-corrected chi connectivity index (χ2v) is 8.31. The summed E-state index contributed by atoms with van der Waals surface area (Å²) in [6.45, 7) is 8.24. The first-order chi connectivity index (χ1) is 16.0. The van der Waals surface area contributed by atoms with Crippen molar-refractivity contribution in [1.82, 2.24) is 19.1 Å². The molecule has 0 radical (unpaired) electrons. The zero-order valence-corrected chi connectivity index (χ0v) is 19.5. The van der Waals surface area contributed by atoms with Crippen LogP contribution in [0, 0.1) is 6.92 Å². The maximum absolute atomic E-state index is 13.1. The molecule has 0 saturated carbocycles. The number of hydrogen-bond acceptors (Lipinski definition) is 2. The molecule has 168 valence electrons. The molecule has 0 unspecified atom stereocenters. The molecule has 0 aliphatic heterocycles. The third-order valence-corrected chi connectivity index (χ3v) is 5.92. The molecule has 1 aromatic carbocycles. The Balaban J connectivity index is 1.80. The van der Waals surface area contributed by atoms with Crippen LogP contribution in [0.15, 0.2) is 78.5 Å². The third-order valence-electron chi connectivity index (χ3n) is 5.92. The second kappa shape index (κ2) is 9.74. The molecule has 3 heterocycles. The van der Waals surface area contributed by atoms with Gasteiger partial charge in [0, 0.05) is 31.3 Å². The van der Waals surface area contributed by atoms with Gasteiger partial charge in [0.25, 0.3) is 0 Å². The van der Waals surface area contributed by atoms with Crippen LogP contribution in [0.2, 0.25) is 0 Å². The number of rotatable bonds is 8. The number of hydrogen-bond donors (Lipinski definition) is 1. The number of pyridine rings is 1. The minimum absolute atomic E-state index is 0.0905. The van der Waals surface area contributed by atoms with E-state index in [1.807, 2.05) is 55.7 Å². The van der Waals surface area contributed by atoms with Crippen molar-refractivity contribution < 1.29 is 0 Å². The van der Waals surface area contributed by atoms with Gasteiger partial charge in [-0.15, -0.1) is 0 Å². The van der Waals surface area contributed by atoms with Crippen molar-refractivity contribution in [3.05, 3.63) is 107 Å². The van der Waals surface area contributed by atoms with Crippen LogP contribution in [0.1, 0.15) is 42.1 Å². The lowest BCUT2D eigenvalue weighted by Gasteiger charge is -2.10. The Hall–Kier alpha value is -3.86. The van der Waals surface area contributed by atoms with E-state index in [0.29, 0.717) is 0 Å². The van der Waals surface area contributed by atoms with Gasteiger partial charge in [-0.25, -0.2) is 4.79 Å². The summed E-state index contributed by atoms with van der Waals surface area (Å²) in [6, 6.07) is 14.3. The van der Waals surface area contributed by atoms with Gasteiger partial charge in [0.05, 0.1) is 17.1 Å². The van der Waals surface area contributed by atoms with Crippen LogP contribution in [0.25, 0.3) is 28.7 Å². The molecule has 0 bridgehead atoms. The minimum atomic E-state index is -0.0905. The zero-order valence-electron chi connectivity index (χ0n) is 19.5. The number of aromatic amines is 1. The summed E-state index contributed by atoms with van der Waals surface area (Å²) in [5, 5.41) is 0. The van der Waals surface area contributed by atoms with Crippen LogP contribution in [-0.4, -0.2) is 19.1 Å². The molecule has 3 aromatic heterocycles. The highest BCUT2D eigenvalue weighted by molar-refractivity contribution is 5.88. The number of nitrogens with one attached hydrogen (secondary N) is 1. The van der Waals surface area contributed by atoms with Gasteiger partial charge in [-0.1, -0.05) is 38.1 Å². The molecule has 5 heteroatoms. The number of benzene rings is 1. The van der Waals surface area contributed by atoms with Crippen LogP contribution in [-0.2, 0) is 13.5 Å². The summed E-state index contributed by atoms with van der Waals surface area (Å²) in [5.74, 6) is 0. The number of H-pyrrole nitrogens is 1. The molecule has 0 atom stereocenters. The first-order valence-corrected chi connectivity index (χ1v) is 11.3. The van der Waals surface area contributed by atoms with Crippen molar-refractivity contribution in [2.75, 3.05) is 0 Å². The molecular formula is C28H30N4O. The lowest BCUT2D eigenvalue weighted by molar-refractivity contribution is 0.791. The summed E-state index contributed by atoms with van der Waals surface area (Å²) in [6.07, 6.45) is 12.8. The van der Waals surface area contributed by atoms with Crippen LogP contribution in [0.3, 0.4) is 0 Å². The number of imidazole rings is 1. The van der Waals surface area contributed by atoms with Gasteiger partial charge in [-0.3, -0.25) is 9.55 Å². The minimum Gasteiger partial charge on any atom is -0.365 e. The molecule has 4 aromatic rings. The fourth-order valence-corrected chi connectivity index (χ4v) is 4.02. The van der Waals surface area contributed by atoms with E-state index in [2.05, 4.69) is 41.7 Å². The number of allylic oxidation sites excluding steroid dienone is 2. The van der Waals surface area contributed by atoms with Gasteiger partial charge in [0.2, 0.25) is 0 Å². The number of aromatic nitrogens is 4. The summed E-state index contributed by atoms with van der Waals surface area (Å²) < 4.78 is 3.35. The van der Waals surface area contributed by atoms with Crippen LogP contribution < -0.4 is 5.69 Å². The molecule has 0 spiro atoms. The first-order valence-electron chi connectivity index (χ1n) is 11.3. The smallest absolute Gasteiger partial charge is 0.333 e. The summed E-state index contributed by atoms with van der Waals surface area (Å²) in [7, 11) is 1.77. The van der Waals surface area contributed by atoms with Gasteiger partial charge in [-0.2, -0.15) is 0 Å². The topological polar surface area (TPSA) is 55.6 Å². The number of aryl methyl sites for hydroxylation is 3. The molecule has 0 saturated heterocycles. The Morgan fingerprint density at radius 1 is 1.21 bits per heavy atom. The summed E-state index contributed by atoms with van der Waals surface area (Å²) >= 11 is 0. The molecule has 0 aliphatic carbocycles. The quantitative estimate of drug-likeness (QED) is 0.346. The highest BCUT2D eigenvalue weighted by Crippen LogP contribution is 2.26. The van der Waals surface area contributed by atoms with Crippen molar-refractivity contribution in [2.24, 2.45) is 7.05 Å². The zero-order chi connectivity index (χ0) is 23.4. The van der Waals surface area contributed by atoms with Crippen molar-refractivity contribution in [2.45, 2.75) is 33.1 Å². The normalized spacial score (nSPS) is 11.7. The highest BCUT2D eigenvalue weighted by Gasteiger charge is 2.15. The van der Waals surface area contributed by atoms with Crippen LogP contribution >= 0.6 is 0 Å². The summed E-state index contributed by atoms with van der Waals surface area (Å²) in [5.41, 5.74) is 7.71. The Kier molecular flexibility index (Phi) is 6.59. The van der Waals surface area contributed by atoms with E-state index in [9.17, 15) is 4.79 Å². The maximum Gasteiger partial charge on any atom is 0.333 e. The second-order valence-electron chi connectivity index (χ2n) is 8.31. The third kappa shape index (κ3) is 4.67. The van der Waals surface area contributed by atoms with Crippen LogP contribution in [0.5, 0.6) is 0 Å². The van der Waals surface area contributed by atoms with Crippen molar-refractivity contribution in [3.63, 3.8) is 0 Å². The number of unbranched alkanes of at least 4 members (excludes halogenated alkanes) is 1. The molecule has 0 amide bonds. The lowest BCUT2D eigenvalue weighted by atomic mass is 10.0. The van der Waals surface area contributed by atoms with E-state index in [1.165, 1.54) is 5.56 Å². The fourth-order valence-electron chi connectivity index (χ4n) is 4.02. The Labute approximate surface area is 194 Å². The molecule has 0 aliphatic rings. The van der Waals surface area contributed by atoms with E-state index in [1.54, 1.807) is 22.4 Å². The average Bonchev–Trinajstić information content (AvgIpc) is 3.38. The van der Waals surface area contributed by atoms with Crippen molar-refractivity contribution in [3.8, 4) is 17.1 Å². The molecule has 0 fully saturated rings. The van der Waals surface area contributed by atoms with E-state index >= 15 is 0 Å². The van der Waals surface area contributed by atoms with Gasteiger partial charge >= 0.3 is 5.69 Å². The van der Waals surface area contributed by atoms with E-state index in [4.69, 9.17) is 0 Å². The fraction of sp³-hybridized carbons (Fsp3) is 0.214. The SMILES string of the molecule is C=C/C(=C\c1cc[nH]c1C)c1ccnc(-c2cn(C)c(=O)n2-c2cccc(CCCC)c2)c1. The molecule has 33 heavy (non-hydrogen) atoms. The van der Waals surface area contributed by atoms with Gasteiger partial charge in [-0.05, 0) is 78.4 Å². The predicted octanol–water partition coefficient (Wildman–Crippen LogP) is 5.94. The van der Waals surface area contributed by atoms with E-state index in [0.717, 1.165) is 58.7 Å². The molecular weight excluding hydrogens is 408 g/mol. The summed E-state index contributed by atoms with van der Waals surface area (Å²) in [4.78, 5) is 20.9. The predicted molar refractivity (Wildman–Crippen MR) is 136 cm³/mol. The monoisotopic (exact) mass is 438 g/mol. The van der Waals surface area contributed by atoms with Crippen molar-refractivity contribution in [1.29, 1.82) is 0 Å². The Bertz CT molecular complexity index is 1370.